The molecule has 0 saturated carbocycles. The molecule has 0 saturated heterocycles. The summed E-state index contributed by atoms with van der Waals surface area (Å²) in [5.74, 6) is -1.66. The van der Waals surface area contributed by atoms with E-state index in [1.807, 2.05) is 0 Å². The summed E-state index contributed by atoms with van der Waals surface area (Å²) in [4.78, 5) is 29.9. The van der Waals surface area contributed by atoms with E-state index in [0.717, 1.165) is 12.1 Å². The predicted octanol–water partition coefficient (Wildman–Crippen LogP) is 4.50. The summed E-state index contributed by atoms with van der Waals surface area (Å²) in [5, 5.41) is 25.5. The molecule has 33 heavy (non-hydrogen) atoms. The number of carboxylic acids is 1. The zero-order valence-corrected chi connectivity index (χ0v) is 16.9. The van der Waals surface area contributed by atoms with Crippen molar-refractivity contribution in [2.75, 3.05) is 17.2 Å². The maximum Gasteiger partial charge on any atom is 0.573 e. The highest BCUT2D eigenvalue weighted by Crippen LogP contribution is 2.31. The van der Waals surface area contributed by atoms with Gasteiger partial charge in [0.05, 0.1) is 16.2 Å². The molecule has 3 rings (SSSR count). The van der Waals surface area contributed by atoms with Crippen molar-refractivity contribution in [1.82, 2.24) is 9.97 Å². The van der Waals surface area contributed by atoms with E-state index in [1.54, 1.807) is 6.07 Å². The van der Waals surface area contributed by atoms with Gasteiger partial charge in [0, 0.05) is 23.4 Å². The van der Waals surface area contributed by atoms with Crippen LogP contribution in [0, 0.1) is 17.0 Å². The molecule has 1 heterocycles. The average molecular weight is 463 g/mol. The first-order valence-electron chi connectivity index (χ1n) is 9.24. The number of benzene rings is 2. The summed E-state index contributed by atoms with van der Waals surface area (Å²) < 4.78 is 41.7. The molecule has 0 aliphatic heterocycles. The Balaban J connectivity index is 2.02. The Morgan fingerprint density at radius 1 is 1.18 bits per heavy atom. The predicted molar refractivity (Wildman–Crippen MR) is 111 cm³/mol. The molecule has 10 nitrogen and oxygen atoms in total. The van der Waals surface area contributed by atoms with Gasteiger partial charge >= 0.3 is 12.3 Å². The lowest BCUT2D eigenvalue weighted by Crippen LogP contribution is -2.17. The number of alkyl halides is 3. The third kappa shape index (κ3) is 6.29. The van der Waals surface area contributed by atoms with Crippen LogP contribution in [0.2, 0.25) is 0 Å². The average Bonchev–Trinajstić information content (AvgIpc) is 2.72. The van der Waals surface area contributed by atoms with Crippen LogP contribution in [0.15, 0.2) is 48.5 Å². The first kappa shape index (κ1) is 23.2. The van der Waals surface area contributed by atoms with Crippen LogP contribution >= 0.6 is 0 Å². The summed E-state index contributed by atoms with van der Waals surface area (Å²) in [6, 6.07) is 10.8. The van der Waals surface area contributed by atoms with E-state index >= 15 is 0 Å². The Hall–Kier alpha value is -4.42. The highest BCUT2D eigenvalue weighted by atomic mass is 19.4. The molecule has 0 unspecified atom stereocenters. The summed E-state index contributed by atoms with van der Waals surface area (Å²) in [6.07, 6.45) is -4.88. The second-order valence-corrected chi connectivity index (χ2v) is 6.62. The number of nitrogens with zero attached hydrogens (tertiary/aromatic N) is 3. The summed E-state index contributed by atoms with van der Waals surface area (Å²) in [7, 11) is 0. The van der Waals surface area contributed by atoms with Crippen LogP contribution in [0.25, 0.3) is 11.3 Å². The number of ether oxygens (including phenoxy) is 1. The molecular formula is C20H16F3N5O5. The highest BCUT2D eigenvalue weighted by molar-refractivity contribution is 5.74. The fourth-order valence-corrected chi connectivity index (χ4v) is 2.84. The number of carbonyl (C=O) groups is 1. The number of rotatable bonds is 8. The van der Waals surface area contributed by atoms with Crippen molar-refractivity contribution < 1.29 is 32.7 Å². The zero-order chi connectivity index (χ0) is 24.2. The Morgan fingerprint density at radius 3 is 2.58 bits per heavy atom. The van der Waals surface area contributed by atoms with Gasteiger partial charge in [0.2, 0.25) is 5.95 Å². The fourth-order valence-electron chi connectivity index (χ4n) is 2.84. The van der Waals surface area contributed by atoms with Crippen LogP contribution in [0.5, 0.6) is 5.75 Å². The van der Waals surface area contributed by atoms with E-state index in [-0.39, 0.29) is 28.7 Å². The highest BCUT2D eigenvalue weighted by Gasteiger charge is 2.31. The van der Waals surface area contributed by atoms with Crippen molar-refractivity contribution in [1.29, 1.82) is 0 Å². The van der Waals surface area contributed by atoms with Gasteiger partial charge in [-0.2, -0.15) is 4.98 Å². The maximum absolute atomic E-state index is 12.6. The van der Waals surface area contributed by atoms with E-state index in [2.05, 4.69) is 25.3 Å². The van der Waals surface area contributed by atoms with E-state index in [9.17, 15) is 28.1 Å². The topological polar surface area (TPSA) is 140 Å². The van der Waals surface area contributed by atoms with Crippen molar-refractivity contribution in [3.8, 4) is 17.0 Å². The Labute approximate surface area is 184 Å². The van der Waals surface area contributed by atoms with Crippen molar-refractivity contribution in [3.05, 3.63) is 64.2 Å². The lowest BCUT2D eigenvalue weighted by Gasteiger charge is -2.13. The van der Waals surface area contributed by atoms with Crippen molar-refractivity contribution in [2.45, 2.75) is 13.3 Å². The molecule has 0 atom stereocenters. The van der Waals surface area contributed by atoms with Gasteiger partial charge in [-0.05, 0) is 25.1 Å². The van der Waals surface area contributed by atoms with Crippen molar-refractivity contribution in [2.24, 2.45) is 0 Å². The number of hydrogen-bond acceptors (Lipinski definition) is 8. The van der Waals surface area contributed by atoms with Crippen LogP contribution in [0.3, 0.4) is 0 Å². The molecule has 0 fully saturated rings. The number of halogens is 3. The molecule has 0 aliphatic carbocycles. The van der Waals surface area contributed by atoms with Crippen LogP contribution in [0.1, 0.15) is 5.56 Å². The van der Waals surface area contributed by atoms with E-state index in [0.29, 0.717) is 11.3 Å². The van der Waals surface area contributed by atoms with Gasteiger partial charge in [-0.3, -0.25) is 14.9 Å². The molecule has 0 bridgehead atoms. The van der Waals surface area contributed by atoms with Gasteiger partial charge in [-0.1, -0.05) is 18.2 Å². The molecule has 3 N–H and O–H groups in total. The number of aliphatic carboxylic acids is 1. The fraction of sp³-hybridized carbons (Fsp3) is 0.150. The summed E-state index contributed by atoms with van der Waals surface area (Å²) in [5.41, 5.74) is 0.929. The molecule has 13 heteroatoms. The van der Waals surface area contributed by atoms with Crippen LogP contribution < -0.4 is 15.4 Å². The minimum absolute atomic E-state index is 0.123. The molecule has 0 amide bonds. The lowest BCUT2D eigenvalue weighted by molar-refractivity contribution is -0.385. The molecule has 3 aromatic rings. The van der Waals surface area contributed by atoms with E-state index in [4.69, 9.17) is 5.11 Å². The second-order valence-electron chi connectivity index (χ2n) is 6.62. The minimum atomic E-state index is -4.88. The van der Waals surface area contributed by atoms with Gasteiger partial charge in [0.25, 0.3) is 5.69 Å². The number of carboxylic acid groups (broad SMARTS) is 1. The molecule has 0 spiro atoms. The molecule has 1 aromatic heterocycles. The number of nitro benzene ring substituents is 1. The number of aromatic nitrogens is 2. The summed E-state index contributed by atoms with van der Waals surface area (Å²) in [6.45, 7) is 1.01. The van der Waals surface area contributed by atoms with Gasteiger partial charge < -0.3 is 20.5 Å². The van der Waals surface area contributed by atoms with E-state index in [1.165, 1.54) is 37.3 Å². The van der Waals surface area contributed by atoms with Crippen LogP contribution in [0.4, 0.5) is 36.3 Å². The minimum Gasteiger partial charge on any atom is -0.480 e. The number of nitrogens with one attached hydrogen (secondary N) is 2. The van der Waals surface area contributed by atoms with Gasteiger partial charge in [-0.15, -0.1) is 13.2 Å². The Bertz CT molecular complexity index is 1200. The van der Waals surface area contributed by atoms with E-state index < -0.39 is 29.5 Å². The zero-order valence-electron chi connectivity index (χ0n) is 16.9. The lowest BCUT2D eigenvalue weighted by atomic mass is 10.1. The Kier molecular flexibility index (Phi) is 6.61. The molecule has 2 aromatic carbocycles. The number of hydrogen-bond donors (Lipinski definition) is 3. The van der Waals surface area contributed by atoms with Gasteiger partial charge in [0.15, 0.2) is 0 Å². The normalized spacial score (nSPS) is 11.0. The molecule has 0 aliphatic rings. The molecular weight excluding hydrogens is 447 g/mol. The monoisotopic (exact) mass is 463 g/mol. The largest absolute Gasteiger partial charge is 0.573 e. The standard InChI is InChI=1S/C20H16F3N5O5/c1-11-14(6-3-7-16(11)28(31)32)25-17-9-15(26-19(27-17)24-10-18(29)30)12-4-2-5-13(8-12)33-20(21,22)23/h2-9H,10H2,1H3,(H,29,30)(H2,24,25,26,27). The van der Waals surface area contributed by atoms with Crippen LogP contribution in [-0.2, 0) is 4.79 Å². The van der Waals surface area contributed by atoms with Crippen molar-refractivity contribution >= 4 is 29.1 Å². The van der Waals surface area contributed by atoms with Crippen molar-refractivity contribution in [3.63, 3.8) is 0 Å². The third-order valence-electron chi connectivity index (χ3n) is 4.25. The SMILES string of the molecule is Cc1c(Nc2cc(-c3cccc(OC(F)(F)F)c3)nc(NCC(=O)O)n2)cccc1[N+](=O)[O-]. The van der Waals surface area contributed by atoms with Gasteiger partial charge in [0.1, 0.15) is 18.1 Å². The first-order chi connectivity index (χ1) is 15.5. The number of nitro groups is 1. The molecule has 0 radical (unpaired) electrons. The summed E-state index contributed by atoms with van der Waals surface area (Å²) >= 11 is 0. The molecule has 172 valence electrons. The van der Waals surface area contributed by atoms with Crippen LogP contribution in [-0.4, -0.2) is 38.9 Å². The third-order valence-corrected chi connectivity index (χ3v) is 4.25. The Morgan fingerprint density at radius 2 is 1.91 bits per heavy atom. The second kappa shape index (κ2) is 9.38. The quantitative estimate of drug-likeness (QED) is 0.325. The van der Waals surface area contributed by atoms with Gasteiger partial charge in [-0.25, -0.2) is 4.98 Å². The number of anilines is 3. The first-order valence-corrected chi connectivity index (χ1v) is 9.24. The smallest absolute Gasteiger partial charge is 0.480 e. The maximum atomic E-state index is 12.6.